The Hall–Kier alpha value is -2.61. The third kappa shape index (κ3) is 2.54. The molecular weight excluding hydrogens is 246 g/mol. The number of amides is 1. The van der Waals surface area contributed by atoms with E-state index in [9.17, 15) is 4.79 Å². The van der Waals surface area contributed by atoms with E-state index in [0.29, 0.717) is 5.57 Å². The van der Waals surface area contributed by atoms with Crippen molar-refractivity contribution in [1.29, 1.82) is 0 Å². The van der Waals surface area contributed by atoms with E-state index >= 15 is 0 Å². The highest BCUT2D eigenvalue weighted by atomic mass is 16.1. The lowest BCUT2D eigenvalue weighted by Crippen LogP contribution is -2.14. The predicted molar refractivity (Wildman–Crippen MR) is 81.8 cm³/mol. The molecule has 3 rings (SSSR count). The molecule has 0 saturated heterocycles. The minimum atomic E-state index is -0.0327. The average Bonchev–Trinajstić information content (AvgIpc) is 2.79. The number of hydrogen-bond donors (Lipinski definition) is 1. The van der Waals surface area contributed by atoms with Gasteiger partial charge in [0.25, 0.3) is 5.91 Å². The number of carbonyl (C=O) groups excluding carboxylic acids is 1. The first-order chi connectivity index (χ1) is 9.72. The van der Waals surface area contributed by atoms with Crippen LogP contribution in [-0.2, 0) is 4.79 Å². The molecule has 2 aromatic rings. The molecule has 0 aromatic heterocycles. The summed E-state index contributed by atoms with van der Waals surface area (Å²) in [5.74, 6) is -0.0327. The SMILES string of the molecule is CC1=CC(=Cc2ccc(-c3ccccc3)cc2)C(=O)N1. The van der Waals surface area contributed by atoms with Crippen molar-refractivity contribution in [3.05, 3.63) is 77.5 Å². The van der Waals surface area contributed by atoms with Gasteiger partial charge in [-0.15, -0.1) is 0 Å². The van der Waals surface area contributed by atoms with Crippen molar-refractivity contribution < 1.29 is 4.79 Å². The zero-order chi connectivity index (χ0) is 13.9. The summed E-state index contributed by atoms with van der Waals surface area (Å²) in [5.41, 5.74) is 4.99. The van der Waals surface area contributed by atoms with Gasteiger partial charge < -0.3 is 5.32 Å². The van der Waals surface area contributed by atoms with Gasteiger partial charge in [-0.3, -0.25) is 4.79 Å². The summed E-state index contributed by atoms with van der Waals surface area (Å²) >= 11 is 0. The van der Waals surface area contributed by atoms with Crippen molar-refractivity contribution in [2.24, 2.45) is 0 Å². The minimum absolute atomic E-state index is 0.0327. The van der Waals surface area contributed by atoms with Crippen LogP contribution in [0, 0.1) is 0 Å². The van der Waals surface area contributed by atoms with Crippen molar-refractivity contribution in [2.75, 3.05) is 0 Å². The number of nitrogens with one attached hydrogen (secondary N) is 1. The Labute approximate surface area is 118 Å². The fourth-order valence-corrected chi connectivity index (χ4v) is 2.28. The maximum Gasteiger partial charge on any atom is 0.255 e. The monoisotopic (exact) mass is 261 g/mol. The molecule has 98 valence electrons. The molecule has 0 unspecified atom stereocenters. The van der Waals surface area contributed by atoms with E-state index in [0.717, 1.165) is 11.3 Å². The molecule has 0 radical (unpaired) electrons. The molecule has 1 N–H and O–H groups in total. The summed E-state index contributed by atoms with van der Waals surface area (Å²) in [5, 5.41) is 2.78. The fraction of sp³-hybridized carbons (Fsp3) is 0.0556. The Morgan fingerprint density at radius 3 is 2.15 bits per heavy atom. The van der Waals surface area contributed by atoms with Gasteiger partial charge in [0.05, 0.1) is 0 Å². The Kier molecular flexibility index (Phi) is 3.21. The molecule has 0 atom stereocenters. The second-order valence-electron chi connectivity index (χ2n) is 4.87. The molecule has 1 aliphatic rings. The Balaban J connectivity index is 1.88. The van der Waals surface area contributed by atoms with Gasteiger partial charge in [0.1, 0.15) is 0 Å². The van der Waals surface area contributed by atoms with Crippen molar-refractivity contribution in [1.82, 2.24) is 5.32 Å². The summed E-state index contributed by atoms with van der Waals surface area (Å²) in [6.45, 7) is 1.89. The molecule has 20 heavy (non-hydrogen) atoms. The number of carbonyl (C=O) groups is 1. The molecule has 2 aromatic carbocycles. The summed E-state index contributed by atoms with van der Waals surface area (Å²) in [6, 6.07) is 18.5. The highest BCUT2D eigenvalue weighted by molar-refractivity contribution is 6.04. The first-order valence-electron chi connectivity index (χ1n) is 6.59. The minimum Gasteiger partial charge on any atom is -0.326 e. The maximum atomic E-state index is 11.6. The van der Waals surface area contributed by atoms with Gasteiger partial charge in [0.15, 0.2) is 0 Å². The number of allylic oxidation sites excluding steroid dienone is 1. The molecule has 0 fully saturated rings. The maximum absolute atomic E-state index is 11.6. The van der Waals surface area contributed by atoms with Crippen molar-refractivity contribution in [3.8, 4) is 11.1 Å². The predicted octanol–water partition coefficient (Wildman–Crippen LogP) is 3.77. The quantitative estimate of drug-likeness (QED) is 0.819. The molecule has 0 saturated carbocycles. The fourth-order valence-electron chi connectivity index (χ4n) is 2.28. The van der Waals surface area contributed by atoms with Gasteiger partial charge in [0, 0.05) is 11.3 Å². The van der Waals surface area contributed by atoms with Gasteiger partial charge in [-0.2, -0.15) is 0 Å². The Bertz CT molecular complexity index is 694. The third-order valence-corrected chi connectivity index (χ3v) is 3.28. The van der Waals surface area contributed by atoms with Gasteiger partial charge in [-0.1, -0.05) is 54.6 Å². The van der Waals surface area contributed by atoms with Crippen molar-refractivity contribution in [3.63, 3.8) is 0 Å². The molecule has 0 bridgehead atoms. The van der Waals surface area contributed by atoms with Gasteiger partial charge in [-0.25, -0.2) is 0 Å². The van der Waals surface area contributed by atoms with Crippen molar-refractivity contribution in [2.45, 2.75) is 6.92 Å². The molecular formula is C18H15NO. The normalized spacial score (nSPS) is 16.1. The van der Waals surface area contributed by atoms with Crippen LogP contribution in [0.1, 0.15) is 12.5 Å². The zero-order valence-corrected chi connectivity index (χ0v) is 11.3. The largest absolute Gasteiger partial charge is 0.326 e. The second-order valence-corrected chi connectivity index (χ2v) is 4.87. The Morgan fingerprint density at radius 2 is 1.55 bits per heavy atom. The smallest absolute Gasteiger partial charge is 0.255 e. The van der Waals surface area contributed by atoms with Crippen molar-refractivity contribution >= 4 is 12.0 Å². The zero-order valence-electron chi connectivity index (χ0n) is 11.3. The standard InChI is InChI=1S/C18H15NO/c1-13-11-17(18(20)19-13)12-14-7-9-16(10-8-14)15-5-3-2-4-6-15/h2-12H,1H3,(H,19,20). The number of benzene rings is 2. The molecule has 1 heterocycles. The molecule has 0 aliphatic carbocycles. The molecule has 1 aliphatic heterocycles. The topological polar surface area (TPSA) is 29.1 Å². The van der Waals surface area contributed by atoms with Crippen LogP contribution in [0.5, 0.6) is 0 Å². The summed E-state index contributed by atoms with van der Waals surface area (Å²) in [4.78, 5) is 11.6. The van der Waals surface area contributed by atoms with E-state index in [4.69, 9.17) is 0 Å². The van der Waals surface area contributed by atoms with E-state index in [1.807, 2.05) is 49.4 Å². The lowest BCUT2D eigenvalue weighted by Gasteiger charge is -2.02. The summed E-state index contributed by atoms with van der Waals surface area (Å²) < 4.78 is 0. The molecule has 2 nitrogen and oxygen atoms in total. The third-order valence-electron chi connectivity index (χ3n) is 3.28. The van der Waals surface area contributed by atoms with Gasteiger partial charge >= 0.3 is 0 Å². The lowest BCUT2D eigenvalue weighted by atomic mass is 10.0. The summed E-state index contributed by atoms with van der Waals surface area (Å²) in [6.07, 6.45) is 3.77. The van der Waals surface area contributed by atoms with E-state index in [1.54, 1.807) is 0 Å². The van der Waals surface area contributed by atoms with Crippen LogP contribution < -0.4 is 5.32 Å². The van der Waals surface area contributed by atoms with Crippen LogP contribution in [-0.4, -0.2) is 5.91 Å². The van der Waals surface area contributed by atoms with Crippen LogP contribution in [0.15, 0.2) is 71.9 Å². The highest BCUT2D eigenvalue weighted by Gasteiger charge is 2.14. The Morgan fingerprint density at radius 1 is 0.900 bits per heavy atom. The number of hydrogen-bond acceptors (Lipinski definition) is 1. The molecule has 1 amide bonds. The van der Waals surface area contributed by atoms with E-state index < -0.39 is 0 Å². The summed E-state index contributed by atoms with van der Waals surface area (Å²) in [7, 11) is 0. The average molecular weight is 261 g/mol. The molecule has 2 heteroatoms. The first-order valence-corrected chi connectivity index (χ1v) is 6.59. The van der Waals surface area contributed by atoms with E-state index in [1.165, 1.54) is 11.1 Å². The molecule has 0 spiro atoms. The van der Waals surface area contributed by atoms with Crippen LogP contribution in [0.25, 0.3) is 17.2 Å². The van der Waals surface area contributed by atoms with Gasteiger partial charge in [-0.05, 0) is 35.8 Å². The van der Waals surface area contributed by atoms with Gasteiger partial charge in [0.2, 0.25) is 0 Å². The number of rotatable bonds is 2. The van der Waals surface area contributed by atoms with E-state index in [2.05, 4.69) is 29.6 Å². The first kappa shape index (κ1) is 12.4. The van der Waals surface area contributed by atoms with Crippen LogP contribution in [0.4, 0.5) is 0 Å². The highest BCUT2D eigenvalue weighted by Crippen LogP contribution is 2.21. The van der Waals surface area contributed by atoms with Crippen LogP contribution in [0.2, 0.25) is 0 Å². The van der Waals surface area contributed by atoms with Crippen LogP contribution >= 0.6 is 0 Å². The second kappa shape index (κ2) is 5.17. The van der Waals surface area contributed by atoms with Crippen LogP contribution in [0.3, 0.4) is 0 Å². The van der Waals surface area contributed by atoms with E-state index in [-0.39, 0.29) is 5.91 Å². The lowest BCUT2D eigenvalue weighted by molar-refractivity contribution is -0.115.